The van der Waals surface area contributed by atoms with Crippen molar-refractivity contribution in [1.29, 1.82) is 0 Å². The topological polar surface area (TPSA) is 58.4 Å². The first-order valence-corrected chi connectivity index (χ1v) is 6.84. The van der Waals surface area contributed by atoms with Crippen LogP contribution in [0.4, 0.5) is 5.69 Å². The molecule has 0 aromatic heterocycles. The molecule has 0 radical (unpaired) electrons. The van der Waals surface area contributed by atoms with Gasteiger partial charge in [-0.05, 0) is 32.0 Å². The number of amides is 1. The van der Waals surface area contributed by atoms with E-state index in [0.29, 0.717) is 13.1 Å². The first-order valence-electron chi connectivity index (χ1n) is 6.84. The van der Waals surface area contributed by atoms with E-state index < -0.39 is 0 Å². The molecule has 1 aromatic carbocycles. The van der Waals surface area contributed by atoms with Crippen molar-refractivity contribution < 1.29 is 4.79 Å². The molecular formula is C15H25N3O. The average molecular weight is 263 g/mol. The molecule has 4 heteroatoms. The van der Waals surface area contributed by atoms with E-state index in [2.05, 4.69) is 24.1 Å². The van der Waals surface area contributed by atoms with Gasteiger partial charge in [-0.3, -0.25) is 9.69 Å². The first kappa shape index (κ1) is 15.7. The number of para-hydroxylation sites is 1. The van der Waals surface area contributed by atoms with E-state index in [4.69, 9.17) is 5.73 Å². The van der Waals surface area contributed by atoms with Gasteiger partial charge in [-0.15, -0.1) is 0 Å². The molecule has 0 heterocycles. The Bertz CT molecular complexity index is 379. The van der Waals surface area contributed by atoms with Crippen molar-refractivity contribution in [2.75, 3.05) is 25.5 Å². The summed E-state index contributed by atoms with van der Waals surface area (Å²) < 4.78 is 0. The predicted molar refractivity (Wildman–Crippen MR) is 80.1 cm³/mol. The molecule has 0 unspecified atom stereocenters. The molecule has 1 rings (SSSR count). The molecule has 1 aromatic rings. The Morgan fingerprint density at radius 2 is 1.84 bits per heavy atom. The number of hydrogen-bond donors (Lipinski definition) is 2. The number of carbonyl (C=O) groups is 1. The van der Waals surface area contributed by atoms with Crippen LogP contribution in [0, 0.1) is 0 Å². The maximum absolute atomic E-state index is 12.0. The van der Waals surface area contributed by atoms with E-state index in [0.717, 1.165) is 18.5 Å². The molecule has 0 aliphatic rings. The van der Waals surface area contributed by atoms with Crippen molar-refractivity contribution in [2.24, 2.45) is 5.73 Å². The Kier molecular flexibility index (Phi) is 5.99. The average Bonchev–Trinajstić information content (AvgIpc) is 2.42. The number of nitrogens with one attached hydrogen (secondary N) is 1. The zero-order chi connectivity index (χ0) is 14.3. The number of likely N-dealkylation sites (N-methyl/N-ethyl adjacent to an activating group) is 1. The van der Waals surface area contributed by atoms with Crippen LogP contribution in [0.25, 0.3) is 0 Å². The van der Waals surface area contributed by atoms with Gasteiger partial charge in [-0.25, -0.2) is 0 Å². The lowest BCUT2D eigenvalue weighted by Crippen LogP contribution is -2.53. The molecule has 0 aliphatic heterocycles. The summed E-state index contributed by atoms with van der Waals surface area (Å²) in [4.78, 5) is 14.1. The highest BCUT2D eigenvalue weighted by atomic mass is 16.2. The van der Waals surface area contributed by atoms with Crippen molar-refractivity contribution in [3.8, 4) is 0 Å². The number of carbonyl (C=O) groups excluding carboxylic acids is 1. The second-order valence-corrected chi connectivity index (χ2v) is 4.91. The highest BCUT2D eigenvalue weighted by Crippen LogP contribution is 2.21. The standard InChI is InChI=1S/C15H25N3O/c1-4-15(5-2,12-16)18(3)11-14(19)17-13-9-7-6-8-10-13/h6-10H,4-5,11-12,16H2,1-3H3,(H,17,19). The Morgan fingerprint density at radius 3 is 2.32 bits per heavy atom. The lowest BCUT2D eigenvalue weighted by Gasteiger charge is -2.39. The van der Waals surface area contributed by atoms with E-state index in [1.54, 1.807) is 0 Å². The van der Waals surface area contributed by atoms with Crippen molar-refractivity contribution >= 4 is 11.6 Å². The van der Waals surface area contributed by atoms with E-state index in [-0.39, 0.29) is 11.4 Å². The predicted octanol–water partition coefficient (Wildman–Crippen LogP) is 2.07. The molecule has 0 saturated carbocycles. The van der Waals surface area contributed by atoms with Crippen LogP contribution in [0.3, 0.4) is 0 Å². The van der Waals surface area contributed by atoms with E-state index in [1.807, 2.05) is 37.4 Å². The van der Waals surface area contributed by atoms with Gasteiger partial charge in [0.05, 0.1) is 6.54 Å². The van der Waals surface area contributed by atoms with Gasteiger partial charge in [-0.2, -0.15) is 0 Å². The fourth-order valence-corrected chi connectivity index (χ4v) is 2.34. The Morgan fingerprint density at radius 1 is 1.26 bits per heavy atom. The molecule has 0 saturated heterocycles. The van der Waals surface area contributed by atoms with Crippen molar-refractivity contribution in [3.63, 3.8) is 0 Å². The summed E-state index contributed by atoms with van der Waals surface area (Å²) in [7, 11) is 1.96. The summed E-state index contributed by atoms with van der Waals surface area (Å²) in [5.74, 6) is -0.00609. The molecule has 1 amide bonds. The lowest BCUT2D eigenvalue weighted by atomic mass is 9.91. The number of nitrogens with zero attached hydrogens (tertiary/aromatic N) is 1. The van der Waals surface area contributed by atoms with Gasteiger partial charge in [0, 0.05) is 17.8 Å². The third kappa shape index (κ3) is 4.04. The molecular weight excluding hydrogens is 238 g/mol. The fourth-order valence-electron chi connectivity index (χ4n) is 2.34. The van der Waals surface area contributed by atoms with Crippen LogP contribution in [0.2, 0.25) is 0 Å². The smallest absolute Gasteiger partial charge is 0.238 e. The Labute approximate surface area is 116 Å². The minimum atomic E-state index is -0.0893. The summed E-state index contributed by atoms with van der Waals surface area (Å²) in [6.45, 7) is 5.15. The second kappa shape index (κ2) is 7.26. The van der Waals surface area contributed by atoms with Crippen LogP contribution in [0.5, 0.6) is 0 Å². The lowest BCUT2D eigenvalue weighted by molar-refractivity contribution is -0.118. The van der Waals surface area contributed by atoms with E-state index >= 15 is 0 Å². The van der Waals surface area contributed by atoms with Gasteiger partial charge in [-0.1, -0.05) is 32.0 Å². The van der Waals surface area contributed by atoms with Gasteiger partial charge >= 0.3 is 0 Å². The van der Waals surface area contributed by atoms with Crippen LogP contribution in [0.1, 0.15) is 26.7 Å². The highest BCUT2D eigenvalue weighted by Gasteiger charge is 2.30. The summed E-state index contributed by atoms with van der Waals surface area (Å²) in [6, 6.07) is 9.50. The van der Waals surface area contributed by atoms with E-state index in [9.17, 15) is 4.79 Å². The van der Waals surface area contributed by atoms with Gasteiger partial charge in [0.25, 0.3) is 0 Å². The molecule has 4 nitrogen and oxygen atoms in total. The maximum atomic E-state index is 12.0. The van der Waals surface area contributed by atoms with Gasteiger partial charge in [0.2, 0.25) is 5.91 Å². The number of benzene rings is 1. The summed E-state index contributed by atoms with van der Waals surface area (Å²) in [5.41, 5.74) is 6.62. The normalized spacial score (nSPS) is 11.6. The van der Waals surface area contributed by atoms with E-state index in [1.165, 1.54) is 0 Å². The maximum Gasteiger partial charge on any atom is 0.238 e. The minimum absolute atomic E-state index is 0.00609. The third-order valence-electron chi connectivity index (χ3n) is 3.94. The van der Waals surface area contributed by atoms with Crippen LogP contribution >= 0.6 is 0 Å². The first-order chi connectivity index (χ1) is 9.07. The molecule has 19 heavy (non-hydrogen) atoms. The van der Waals surface area contributed by atoms with Gasteiger partial charge in [0.15, 0.2) is 0 Å². The SMILES string of the molecule is CCC(CC)(CN)N(C)CC(=O)Nc1ccccc1. The molecule has 0 atom stereocenters. The molecule has 0 bridgehead atoms. The van der Waals surface area contributed by atoms with Crippen LogP contribution < -0.4 is 11.1 Å². The third-order valence-corrected chi connectivity index (χ3v) is 3.94. The number of anilines is 1. The number of rotatable bonds is 7. The number of hydrogen-bond acceptors (Lipinski definition) is 3. The molecule has 3 N–H and O–H groups in total. The summed E-state index contributed by atoms with van der Waals surface area (Å²) in [6.07, 6.45) is 1.88. The largest absolute Gasteiger partial charge is 0.329 e. The fraction of sp³-hybridized carbons (Fsp3) is 0.533. The van der Waals surface area contributed by atoms with Gasteiger partial charge in [0.1, 0.15) is 0 Å². The van der Waals surface area contributed by atoms with Gasteiger partial charge < -0.3 is 11.1 Å². The monoisotopic (exact) mass is 263 g/mol. The van der Waals surface area contributed by atoms with Crippen LogP contribution in [-0.4, -0.2) is 36.5 Å². The molecule has 0 fully saturated rings. The van der Waals surface area contributed by atoms with Crippen LogP contribution in [-0.2, 0) is 4.79 Å². The zero-order valence-corrected chi connectivity index (χ0v) is 12.1. The quantitative estimate of drug-likeness (QED) is 0.792. The summed E-state index contributed by atoms with van der Waals surface area (Å²) >= 11 is 0. The minimum Gasteiger partial charge on any atom is -0.329 e. The zero-order valence-electron chi connectivity index (χ0n) is 12.1. The Balaban J connectivity index is 2.61. The molecule has 106 valence electrons. The number of nitrogens with two attached hydrogens (primary N) is 1. The summed E-state index contributed by atoms with van der Waals surface area (Å²) in [5, 5.41) is 2.90. The molecule has 0 spiro atoms. The van der Waals surface area contributed by atoms with Crippen molar-refractivity contribution in [1.82, 2.24) is 4.90 Å². The highest BCUT2D eigenvalue weighted by molar-refractivity contribution is 5.92. The Hall–Kier alpha value is -1.39. The molecule has 0 aliphatic carbocycles. The van der Waals surface area contributed by atoms with Crippen LogP contribution in [0.15, 0.2) is 30.3 Å². The van der Waals surface area contributed by atoms with Crippen molar-refractivity contribution in [2.45, 2.75) is 32.2 Å². The van der Waals surface area contributed by atoms with Crippen molar-refractivity contribution in [3.05, 3.63) is 30.3 Å². The second-order valence-electron chi connectivity index (χ2n) is 4.91.